The standard InChI is InChI=1S/C15H23NO/c1-4-6-12-16(13(3)15(17)5-2)14-10-8-7-9-11-14/h7-11,13H,4-6,12H2,1-3H3. The number of hydrogen-bond acceptors (Lipinski definition) is 2. The fraction of sp³-hybridized carbons (Fsp3) is 0.533. The SMILES string of the molecule is CCCCN(c1ccccc1)C(C)C(=O)CC. The average Bonchev–Trinajstić information content (AvgIpc) is 2.39. The van der Waals surface area contributed by atoms with Gasteiger partial charge in [-0.25, -0.2) is 0 Å². The van der Waals surface area contributed by atoms with E-state index in [0.29, 0.717) is 12.2 Å². The minimum absolute atomic E-state index is 0.0195. The summed E-state index contributed by atoms with van der Waals surface area (Å²) >= 11 is 0. The number of unbranched alkanes of at least 4 members (excludes halogenated alkanes) is 1. The molecule has 0 fully saturated rings. The third kappa shape index (κ3) is 3.88. The molecule has 17 heavy (non-hydrogen) atoms. The van der Waals surface area contributed by atoms with Crippen LogP contribution < -0.4 is 4.90 Å². The van der Waals surface area contributed by atoms with Gasteiger partial charge in [0.25, 0.3) is 0 Å². The van der Waals surface area contributed by atoms with Crippen molar-refractivity contribution in [3.8, 4) is 0 Å². The molecule has 2 heteroatoms. The number of carbonyl (C=O) groups is 1. The van der Waals surface area contributed by atoms with Gasteiger partial charge in [-0.05, 0) is 25.5 Å². The summed E-state index contributed by atoms with van der Waals surface area (Å²) in [5.41, 5.74) is 1.15. The molecule has 1 unspecified atom stereocenters. The molecule has 1 atom stereocenters. The van der Waals surface area contributed by atoms with Crippen LogP contribution in [0.2, 0.25) is 0 Å². The first-order chi connectivity index (χ1) is 8.20. The second-order valence-corrected chi connectivity index (χ2v) is 4.38. The number of benzene rings is 1. The first-order valence-corrected chi connectivity index (χ1v) is 6.55. The van der Waals surface area contributed by atoms with Gasteiger partial charge in [0, 0.05) is 18.7 Å². The molecule has 0 aliphatic carbocycles. The Bertz CT molecular complexity index is 334. The van der Waals surface area contributed by atoms with Gasteiger partial charge in [0.2, 0.25) is 0 Å². The zero-order valence-corrected chi connectivity index (χ0v) is 11.1. The van der Waals surface area contributed by atoms with Crippen molar-refractivity contribution < 1.29 is 4.79 Å². The van der Waals surface area contributed by atoms with Crippen LogP contribution in [0.1, 0.15) is 40.0 Å². The van der Waals surface area contributed by atoms with Crippen molar-refractivity contribution in [1.82, 2.24) is 0 Å². The highest BCUT2D eigenvalue weighted by atomic mass is 16.1. The van der Waals surface area contributed by atoms with Crippen molar-refractivity contribution in [3.63, 3.8) is 0 Å². The Morgan fingerprint density at radius 2 is 1.88 bits per heavy atom. The van der Waals surface area contributed by atoms with E-state index >= 15 is 0 Å². The van der Waals surface area contributed by atoms with Crippen molar-refractivity contribution in [3.05, 3.63) is 30.3 Å². The fourth-order valence-corrected chi connectivity index (χ4v) is 1.96. The second-order valence-electron chi connectivity index (χ2n) is 4.38. The Balaban J connectivity index is 2.84. The third-order valence-electron chi connectivity index (χ3n) is 3.12. The maximum atomic E-state index is 11.8. The molecule has 0 saturated carbocycles. The predicted octanol–water partition coefficient (Wildman–Crippen LogP) is 3.66. The molecule has 0 bridgehead atoms. The number of ketones is 1. The van der Waals surface area contributed by atoms with Gasteiger partial charge >= 0.3 is 0 Å². The van der Waals surface area contributed by atoms with Crippen LogP contribution in [0.3, 0.4) is 0 Å². The molecular weight excluding hydrogens is 210 g/mol. The van der Waals surface area contributed by atoms with E-state index in [1.54, 1.807) is 0 Å². The van der Waals surface area contributed by atoms with Crippen LogP contribution >= 0.6 is 0 Å². The molecule has 0 heterocycles. The summed E-state index contributed by atoms with van der Waals surface area (Å²) < 4.78 is 0. The van der Waals surface area contributed by atoms with Gasteiger partial charge in [-0.1, -0.05) is 38.5 Å². The Morgan fingerprint density at radius 3 is 2.41 bits per heavy atom. The van der Waals surface area contributed by atoms with Gasteiger partial charge in [0.05, 0.1) is 6.04 Å². The topological polar surface area (TPSA) is 20.3 Å². The minimum atomic E-state index is -0.0195. The highest BCUT2D eigenvalue weighted by Crippen LogP contribution is 2.18. The van der Waals surface area contributed by atoms with E-state index in [1.165, 1.54) is 0 Å². The van der Waals surface area contributed by atoms with E-state index in [2.05, 4.69) is 24.0 Å². The predicted molar refractivity (Wildman–Crippen MR) is 73.5 cm³/mol. The Kier molecular flexibility index (Phi) is 5.75. The van der Waals surface area contributed by atoms with Crippen LogP contribution in [-0.2, 0) is 4.79 Å². The van der Waals surface area contributed by atoms with Crippen molar-refractivity contribution >= 4 is 11.5 Å². The van der Waals surface area contributed by atoms with E-state index in [4.69, 9.17) is 0 Å². The molecule has 0 spiro atoms. The highest BCUT2D eigenvalue weighted by molar-refractivity contribution is 5.86. The summed E-state index contributed by atoms with van der Waals surface area (Å²) in [7, 11) is 0. The van der Waals surface area contributed by atoms with Crippen molar-refractivity contribution in [2.75, 3.05) is 11.4 Å². The summed E-state index contributed by atoms with van der Waals surface area (Å²) in [4.78, 5) is 14.1. The molecule has 0 N–H and O–H groups in total. The summed E-state index contributed by atoms with van der Waals surface area (Å²) in [6, 6.07) is 10.2. The molecule has 0 aliphatic heterocycles. The molecule has 0 saturated heterocycles. The van der Waals surface area contributed by atoms with E-state index in [-0.39, 0.29) is 6.04 Å². The largest absolute Gasteiger partial charge is 0.362 e. The fourth-order valence-electron chi connectivity index (χ4n) is 1.96. The number of nitrogens with zero attached hydrogens (tertiary/aromatic N) is 1. The summed E-state index contributed by atoms with van der Waals surface area (Å²) in [5.74, 6) is 0.310. The lowest BCUT2D eigenvalue weighted by atomic mass is 10.1. The van der Waals surface area contributed by atoms with Crippen LogP contribution in [0.15, 0.2) is 30.3 Å². The third-order valence-corrected chi connectivity index (χ3v) is 3.12. The molecule has 2 nitrogen and oxygen atoms in total. The molecule has 0 aliphatic rings. The number of para-hydroxylation sites is 1. The van der Waals surface area contributed by atoms with Crippen LogP contribution in [0.4, 0.5) is 5.69 Å². The van der Waals surface area contributed by atoms with Crippen molar-refractivity contribution in [2.45, 2.75) is 46.1 Å². The number of carbonyl (C=O) groups excluding carboxylic acids is 1. The van der Waals surface area contributed by atoms with Crippen LogP contribution in [-0.4, -0.2) is 18.4 Å². The number of hydrogen-bond donors (Lipinski definition) is 0. The van der Waals surface area contributed by atoms with Gasteiger partial charge in [-0.3, -0.25) is 4.79 Å². The Labute approximate surface area is 105 Å². The first-order valence-electron chi connectivity index (χ1n) is 6.55. The van der Waals surface area contributed by atoms with Gasteiger partial charge in [0.15, 0.2) is 5.78 Å². The molecule has 1 aromatic carbocycles. The lowest BCUT2D eigenvalue weighted by Gasteiger charge is -2.30. The highest BCUT2D eigenvalue weighted by Gasteiger charge is 2.19. The average molecular weight is 233 g/mol. The van der Waals surface area contributed by atoms with E-state index in [0.717, 1.165) is 25.1 Å². The lowest BCUT2D eigenvalue weighted by molar-refractivity contribution is -0.119. The molecule has 1 rings (SSSR count). The van der Waals surface area contributed by atoms with Gasteiger partial charge in [-0.15, -0.1) is 0 Å². The quantitative estimate of drug-likeness (QED) is 0.716. The monoisotopic (exact) mass is 233 g/mol. The smallest absolute Gasteiger partial charge is 0.154 e. The maximum Gasteiger partial charge on any atom is 0.154 e. The normalized spacial score (nSPS) is 12.2. The molecular formula is C15H23NO. The van der Waals surface area contributed by atoms with E-state index < -0.39 is 0 Å². The summed E-state index contributed by atoms with van der Waals surface area (Å²) in [6.45, 7) is 7.07. The zero-order valence-electron chi connectivity index (χ0n) is 11.1. The molecule has 0 amide bonds. The maximum absolute atomic E-state index is 11.8. The van der Waals surface area contributed by atoms with Gasteiger partial charge < -0.3 is 4.90 Å². The molecule has 0 aromatic heterocycles. The minimum Gasteiger partial charge on any atom is -0.362 e. The van der Waals surface area contributed by atoms with Crippen LogP contribution in [0, 0.1) is 0 Å². The van der Waals surface area contributed by atoms with Crippen molar-refractivity contribution in [1.29, 1.82) is 0 Å². The number of anilines is 1. The summed E-state index contributed by atoms with van der Waals surface area (Å²) in [6.07, 6.45) is 2.88. The molecule has 1 aromatic rings. The van der Waals surface area contributed by atoms with Gasteiger partial charge in [0.1, 0.15) is 0 Å². The first kappa shape index (κ1) is 13.8. The number of Topliss-reactive ketones (excluding diaryl/α,β-unsaturated/α-hetero) is 1. The van der Waals surface area contributed by atoms with Crippen LogP contribution in [0.25, 0.3) is 0 Å². The van der Waals surface area contributed by atoms with Crippen molar-refractivity contribution in [2.24, 2.45) is 0 Å². The molecule has 94 valence electrons. The van der Waals surface area contributed by atoms with Crippen LogP contribution in [0.5, 0.6) is 0 Å². The van der Waals surface area contributed by atoms with E-state index in [9.17, 15) is 4.79 Å². The zero-order chi connectivity index (χ0) is 12.7. The second kappa shape index (κ2) is 7.10. The number of rotatable bonds is 7. The van der Waals surface area contributed by atoms with Gasteiger partial charge in [-0.2, -0.15) is 0 Å². The van der Waals surface area contributed by atoms with E-state index in [1.807, 2.05) is 32.0 Å². The Morgan fingerprint density at radius 1 is 1.24 bits per heavy atom. The Hall–Kier alpha value is -1.31. The summed E-state index contributed by atoms with van der Waals surface area (Å²) in [5, 5.41) is 0. The molecule has 0 radical (unpaired) electrons. The lowest BCUT2D eigenvalue weighted by Crippen LogP contribution is -2.39.